The van der Waals surface area contributed by atoms with Gasteiger partial charge in [-0.05, 0) is 26.0 Å². The van der Waals surface area contributed by atoms with Crippen molar-refractivity contribution in [2.45, 2.75) is 26.4 Å². The number of carbonyl (C=O) groups is 1. The summed E-state index contributed by atoms with van der Waals surface area (Å²) in [5.41, 5.74) is 0.384. The summed E-state index contributed by atoms with van der Waals surface area (Å²) in [6, 6.07) is 5.43. The van der Waals surface area contributed by atoms with E-state index in [0.29, 0.717) is 30.3 Å². The minimum atomic E-state index is -0.157. The van der Waals surface area contributed by atoms with Gasteiger partial charge in [0.2, 0.25) is 0 Å². The van der Waals surface area contributed by atoms with Crippen LogP contribution >= 0.6 is 9.24 Å². The molecule has 0 aliphatic rings. The maximum absolute atomic E-state index is 12.2. The summed E-state index contributed by atoms with van der Waals surface area (Å²) in [6.45, 7) is 6.69. The first-order valence-electron chi connectivity index (χ1n) is 5.80. The van der Waals surface area contributed by atoms with Crippen molar-refractivity contribution in [3.63, 3.8) is 0 Å². The van der Waals surface area contributed by atoms with Crippen LogP contribution in [0.3, 0.4) is 0 Å². The molecule has 0 fully saturated rings. The SMILES string of the molecule is CCOc1cccc(OCC)c1C(=O)C(C)P. The summed E-state index contributed by atoms with van der Waals surface area (Å²) in [6.07, 6.45) is 0. The summed E-state index contributed by atoms with van der Waals surface area (Å²) in [5, 5.41) is 0. The second kappa shape index (κ2) is 6.61. The lowest BCUT2D eigenvalue weighted by Gasteiger charge is -2.15. The van der Waals surface area contributed by atoms with Crippen LogP contribution < -0.4 is 9.47 Å². The Bertz CT molecular complexity index is 364. The predicted molar refractivity (Wildman–Crippen MR) is 72.3 cm³/mol. The van der Waals surface area contributed by atoms with Crippen LogP contribution in [0.4, 0.5) is 0 Å². The Labute approximate surface area is 105 Å². The molecular formula is C13H19O3P. The molecule has 0 aromatic heterocycles. The highest BCUT2D eigenvalue weighted by Gasteiger charge is 2.21. The van der Waals surface area contributed by atoms with Gasteiger partial charge in [-0.25, -0.2) is 0 Å². The van der Waals surface area contributed by atoms with E-state index >= 15 is 0 Å². The topological polar surface area (TPSA) is 35.5 Å². The van der Waals surface area contributed by atoms with E-state index in [1.54, 1.807) is 12.1 Å². The van der Waals surface area contributed by atoms with Crippen LogP contribution in [-0.4, -0.2) is 24.7 Å². The molecule has 4 heteroatoms. The van der Waals surface area contributed by atoms with Gasteiger partial charge in [0, 0.05) is 5.66 Å². The van der Waals surface area contributed by atoms with Crippen LogP contribution in [0, 0.1) is 0 Å². The molecule has 0 saturated heterocycles. The summed E-state index contributed by atoms with van der Waals surface area (Å²) in [7, 11) is 2.50. The minimum Gasteiger partial charge on any atom is -0.493 e. The highest BCUT2D eigenvalue weighted by molar-refractivity contribution is 7.19. The number of ether oxygens (including phenoxy) is 2. The number of Topliss-reactive ketones (excluding diaryl/α,β-unsaturated/α-hetero) is 1. The Balaban J connectivity index is 3.22. The van der Waals surface area contributed by atoms with E-state index < -0.39 is 0 Å². The van der Waals surface area contributed by atoms with Crippen molar-refractivity contribution >= 4 is 15.0 Å². The van der Waals surface area contributed by atoms with Gasteiger partial charge >= 0.3 is 0 Å². The van der Waals surface area contributed by atoms with Crippen molar-refractivity contribution in [3.8, 4) is 11.5 Å². The normalized spacial score (nSPS) is 12.0. The van der Waals surface area contributed by atoms with Gasteiger partial charge in [0.05, 0.1) is 13.2 Å². The smallest absolute Gasteiger partial charge is 0.176 e. The van der Waals surface area contributed by atoms with Gasteiger partial charge in [-0.1, -0.05) is 13.0 Å². The van der Waals surface area contributed by atoms with Crippen molar-refractivity contribution in [1.29, 1.82) is 0 Å². The van der Waals surface area contributed by atoms with Crippen LogP contribution in [-0.2, 0) is 0 Å². The van der Waals surface area contributed by atoms with E-state index in [4.69, 9.17) is 9.47 Å². The molecule has 3 nitrogen and oxygen atoms in total. The third-order valence-electron chi connectivity index (χ3n) is 2.25. The summed E-state index contributed by atoms with van der Waals surface area (Å²) < 4.78 is 11.0. The molecule has 0 spiro atoms. The molecule has 0 bridgehead atoms. The summed E-state index contributed by atoms with van der Waals surface area (Å²) in [5.74, 6) is 1.21. The molecule has 94 valence electrons. The molecule has 0 heterocycles. The van der Waals surface area contributed by atoms with Crippen molar-refractivity contribution in [2.24, 2.45) is 0 Å². The number of ketones is 1. The minimum absolute atomic E-state index is 0.0162. The third-order valence-corrected chi connectivity index (χ3v) is 2.55. The fraction of sp³-hybridized carbons (Fsp3) is 0.462. The third kappa shape index (κ3) is 3.44. The zero-order valence-electron chi connectivity index (χ0n) is 10.5. The van der Waals surface area contributed by atoms with Crippen molar-refractivity contribution in [1.82, 2.24) is 0 Å². The maximum atomic E-state index is 12.2. The lowest BCUT2D eigenvalue weighted by molar-refractivity contribution is 0.0986. The summed E-state index contributed by atoms with van der Waals surface area (Å²) in [4.78, 5) is 12.2. The van der Waals surface area contributed by atoms with E-state index in [9.17, 15) is 4.79 Å². The van der Waals surface area contributed by atoms with Crippen LogP contribution in [0.15, 0.2) is 18.2 Å². The number of carbonyl (C=O) groups excluding carboxylic acids is 1. The number of rotatable bonds is 6. The first-order chi connectivity index (χ1) is 8.11. The molecular weight excluding hydrogens is 235 g/mol. The van der Waals surface area contributed by atoms with Gasteiger partial charge < -0.3 is 9.47 Å². The van der Waals surface area contributed by atoms with E-state index in [1.165, 1.54) is 0 Å². The van der Waals surface area contributed by atoms with Crippen molar-refractivity contribution in [3.05, 3.63) is 23.8 Å². The second-order valence-corrected chi connectivity index (χ2v) is 4.65. The monoisotopic (exact) mass is 254 g/mol. The molecule has 2 atom stereocenters. The lowest BCUT2D eigenvalue weighted by Crippen LogP contribution is -2.14. The second-order valence-electron chi connectivity index (χ2n) is 3.65. The first-order valence-corrected chi connectivity index (χ1v) is 6.46. The van der Waals surface area contributed by atoms with Gasteiger partial charge in [0.25, 0.3) is 0 Å². The van der Waals surface area contributed by atoms with Gasteiger partial charge in [0.1, 0.15) is 17.1 Å². The molecule has 2 unspecified atom stereocenters. The van der Waals surface area contributed by atoms with Crippen LogP contribution in [0.25, 0.3) is 0 Å². The fourth-order valence-electron chi connectivity index (χ4n) is 1.53. The van der Waals surface area contributed by atoms with E-state index in [0.717, 1.165) is 0 Å². The Hall–Kier alpha value is -1.08. The molecule has 0 N–H and O–H groups in total. The quantitative estimate of drug-likeness (QED) is 0.578. The van der Waals surface area contributed by atoms with Gasteiger partial charge in [0.15, 0.2) is 5.78 Å². The Kier molecular flexibility index (Phi) is 5.43. The molecule has 0 radical (unpaired) electrons. The molecule has 0 amide bonds. The van der Waals surface area contributed by atoms with Gasteiger partial charge in [-0.15, -0.1) is 9.24 Å². The highest BCUT2D eigenvalue weighted by Crippen LogP contribution is 2.31. The Morgan fingerprint density at radius 3 is 2.06 bits per heavy atom. The van der Waals surface area contributed by atoms with Crippen molar-refractivity contribution in [2.75, 3.05) is 13.2 Å². The zero-order valence-corrected chi connectivity index (χ0v) is 11.7. The Morgan fingerprint density at radius 2 is 1.71 bits per heavy atom. The largest absolute Gasteiger partial charge is 0.493 e. The van der Waals surface area contributed by atoms with Crippen molar-refractivity contribution < 1.29 is 14.3 Å². The fourth-order valence-corrected chi connectivity index (χ4v) is 1.70. The molecule has 0 aliphatic heterocycles. The van der Waals surface area contributed by atoms with Crippen LogP contribution in [0.1, 0.15) is 31.1 Å². The highest BCUT2D eigenvalue weighted by atomic mass is 31.0. The molecule has 1 aromatic carbocycles. The molecule has 1 rings (SSSR count). The molecule has 17 heavy (non-hydrogen) atoms. The average molecular weight is 254 g/mol. The average Bonchev–Trinajstić information content (AvgIpc) is 2.29. The standard InChI is InChI=1S/C13H19O3P/c1-4-15-10-7-6-8-11(16-5-2)12(10)13(14)9(3)17/h6-9H,4-5,17H2,1-3H3. The predicted octanol–water partition coefficient (Wildman–Crippen LogP) is 2.93. The lowest BCUT2D eigenvalue weighted by atomic mass is 10.1. The van der Waals surface area contributed by atoms with Crippen LogP contribution in [0.5, 0.6) is 11.5 Å². The number of hydrogen-bond donors (Lipinski definition) is 0. The molecule has 0 saturated carbocycles. The van der Waals surface area contributed by atoms with E-state index in [2.05, 4.69) is 9.24 Å². The molecule has 0 aliphatic carbocycles. The molecule has 1 aromatic rings. The Morgan fingerprint density at radius 1 is 1.24 bits per heavy atom. The zero-order chi connectivity index (χ0) is 12.8. The van der Waals surface area contributed by atoms with E-state index in [1.807, 2.05) is 26.8 Å². The summed E-state index contributed by atoms with van der Waals surface area (Å²) >= 11 is 0. The number of benzene rings is 1. The maximum Gasteiger partial charge on any atom is 0.176 e. The van der Waals surface area contributed by atoms with E-state index in [-0.39, 0.29) is 11.4 Å². The first kappa shape index (κ1) is 14.0. The van der Waals surface area contributed by atoms with Crippen LogP contribution in [0.2, 0.25) is 0 Å². The number of hydrogen-bond acceptors (Lipinski definition) is 3. The van der Waals surface area contributed by atoms with Gasteiger partial charge in [-0.3, -0.25) is 4.79 Å². The van der Waals surface area contributed by atoms with Gasteiger partial charge in [-0.2, -0.15) is 0 Å².